The van der Waals surface area contributed by atoms with Gasteiger partial charge in [-0.3, -0.25) is 9.69 Å². The lowest BCUT2D eigenvalue weighted by Crippen LogP contribution is -2.45. The first kappa shape index (κ1) is 10.8. The lowest BCUT2D eigenvalue weighted by atomic mass is 9.94. The maximum absolute atomic E-state index is 12.0. The molecule has 1 rings (SSSR count). The fourth-order valence-electron chi connectivity index (χ4n) is 0.973. The summed E-state index contributed by atoms with van der Waals surface area (Å²) in [4.78, 5) is 21.5. The van der Waals surface area contributed by atoms with Crippen LogP contribution < -0.4 is 0 Å². The van der Waals surface area contributed by atoms with E-state index in [1.165, 1.54) is 6.33 Å². The van der Waals surface area contributed by atoms with Crippen LogP contribution in [-0.4, -0.2) is 40.3 Å². The van der Waals surface area contributed by atoms with Crippen LogP contribution in [0.15, 0.2) is 18.7 Å². The molecule has 1 aromatic rings. The zero-order valence-corrected chi connectivity index (χ0v) is 8.98. The van der Waals surface area contributed by atoms with Gasteiger partial charge >= 0.3 is 0 Å². The van der Waals surface area contributed by atoms with Crippen molar-refractivity contribution in [3.8, 4) is 0 Å². The number of carbonyl (C=O) groups is 1. The predicted octanol–water partition coefficient (Wildman–Crippen LogP) is 0.999. The first-order chi connectivity index (χ1) is 6.46. The highest BCUT2D eigenvalue weighted by molar-refractivity contribution is 6.02. The van der Waals surface area contributed by atoms with E-state index in [0.717, 1.165) is 0 Å². The molecule has 14 heavy (non-hydrogen) atoms. The summed E-state index contributed by atoms with van der Waals surface area (Å²) in [6.45, 7) is 3.75. The molecule has 0 fully saturated rings. The van der Waals surface area contributed by atoms with Crippen LogP contribution in [0.2, 0.25) is 0 Å². The maximum Gasteiger partial charge on any atom is 0.185 e. The molecule has 0 amide bonds. The number of rotatable bonds is 3. The average molecular weight is 193 g/mol. The summed E-state index contributed by atoms with van der Waals surface area (Å²) < 4.78 is 0. The van der Waals surface area contributed by atoms with Gasteiger partial charge in [0.2, 0.25) is 0 Å². The molecule has 0 unspecified atom stereocenters. The van der Waals surface area contributed by atoms with Crippen molar-refractivity contribution in [3.63, 3.8) is 0 Å². The van der Waals surface area contributed by atoms with Gasteiger partial charge in [0.25, 0.3) is 0 Å². The van der Waals surface area contributed by atoms with Crippen molar-refractivity contribution in [1.29, 1.82) is 0 Å². The molecule has 0 aromatic carbocycles. The molecular weight excluding hydrogens is 178 g/mol. The maximum atomic E-state index is 12.0. The monoisotopic (exact) mass is 193 g/mol. The largest absolute Gasteiger partial charge is 0.297 e. The highest BCUT2D eigenvalue weighted by Gasteiger charge is 2.30. The first-order valence-corrected chi connectivity index (χ1v) is 4.43. The minimum Gasteiger partial charge on any atom is -0.297 e. The Morgan fingerprint density at radius 3 is 2.21 bits per heavy atom. The highest BCUT2D eigenvalue weighted by atomic mass is 16.1. The molecule has 0 bridgehead atoms. The van der Waals surface area contributed by atoms with E-state index >= 15 is 0 Å². The van der Waals surface area contributed by atoms with Crippen molar-refractivity contribution in [2.24, 2.45) is 0 Å². The van der Waals surface area contributed by atoms with Crippen LogP contribution in [0.3, 0.4) is 0 Å². The Bertz CT molecular complexity index is 319. The van der Waals surface area contributed by atoms with Crippen LogP contribution in [-0.2, 0) is 0 Å². The highest BCUT2D eigenvalue weighted by Crippen LogP contribution is 2.16. The van der Waals surface area contributed by atoms with Gasteiger partial charge < -0.3 is 0 Å². The van der Waals surface area contributed by atoms with Gasteiger partial charge in [0.15, 0.2) is 5.78 Å². The molecular formula is C10H15N3O. The van der Waals surface area contributed by atoms with Gasteiger partial charge in [-0.15, -0.1) is 0 Å². The van der Waals surface area contributed by atoms with Crippen molar-refractivity contribution in [3.05, 3.63) is 24.3 Å². The Morgan fingerprint density at radius 2 is 1.79 bits per heavy atom. The summed E-state index contributed by atoms with van der Waals surface area (Å²) in [5.74, 6) is 0.0306. The van der Waals surface area contributed by atoms with Crippen LogP contribution in [0.25, 0.3) is 0 Å². The van der Waals surface area contributed by atoms with E-state index in [1.807, 2.05) is 32.8 Å². The van der Waals surface area contributed by atoms with E-state index in [2.05, 4.69) is 9.97 Å². The predicted molar refractivity (Wildman–Crippen MR) is 54.1 cm³/mol. The number of hydrogen-bond acceptors (Lipinski definition) is 4. The summed E-state index contributed by atoms with van der Waals surface area (Å²) in [6.07, 6.45) is 4.50. The molecule has 0 atom stereocenters. The summed E-state index contributed by atoms with van der Waals surface area (Å²) >= 11 is 0. The number of nitrogens with zero attached hydrogens (tertiary/aromatic N) is 3. The van der Waals surface area contributed by atoms with E-state index in [1.54, 1.807) is 12.4 Å². The van der Waals surface area contributed by atoms with Crippen molar-refractivity contribution in [2.75, 3.05) is 14.1 Å². The molecule has 0 aliphatic heterocycles. The minimum absolute atomic E-state index is 0.0306. The summed E-state index contributed by atoms with van der Waals surface area (Å²) in [5.41, 5.74) is 0.0243. The van der Waals surface area contributed by atoms with E-state index in [0.29, 0.717) is 5.56 Å². The number of likely N-dealkylation sites (N-methyl/N-ethyl adjacent to an activating group) is 1. The fraction of sp³-hybridized carbons (Fsp3) is 0.500. The molecule has 0 saturated heterocycles. The minimum atomic E-state index is -0.523. The smallest absolute Gasteiger partial charge is 0.185 e. The van der Waals surface area contributed by atoms with E-state index in [9.17, 15) is 4.79 Å². The molecule has 0 radical (unpaired) electrons. The normalized spacial score (nSPS) is 11.8. The van der Waals surface area contributed by atoms with Gasteiger partial charge in [-0.25, -0.2) is 9.97 Å². The van der Waals surface area contributed by atoms with Crippen LogP contribution in [0.4, 0.5) is 0 Å². The lowest BCUT2D eigenvalue weighted by molar-refractivity contribution is 0.0754. The van der Waals surface area contributed by atoms with Crippen molar-refractivity contribution < 1.29 is 4.79 Å². The lowest BCUT2D eigenvalue weighted by Gasteiger charge is -2.30. The molecule has 76 valence electrons. The van der Waals surface area contributed by atoms with Crippen molar-refractivity contribution in [2.45, 2.75) is 19.4 Å². The van der Waals surface area contributed by atoms with Gasteiger partial charge in [0, 0.05) is 12.4 Å². The number of ketones is 1. The Morgan fingerprint density at radius 1 is 1.29 bits per heavy atom. The van der Waals surface area contributed by atoms with Crippen LogP contribution in [0.1, 0.15) is 24.2 Å². The molecule has 1 heterocycles. The number of aromatic nitrogens is 2. The first-order valence-electron chi connectivity index (χ1n) is 4.43. The Labute approximate surface area is 84.0 Å². The summed E-state index contributed by atoms with van der Waals surface area (Å²) in [6, 6.07) is 0. The SMILES string of the molecule is CN(C)C(C)(C)C(=O)c1cncnc1. The second-order valence-electron chi connectivity index (χ2n) is 3.91. The molecule has 4 heteroatoms. The van der Waals surface area contributed by atoms with Gasteiger partial charge in [0.1, 0.15) is 6.33 Å². The van der Waals surface area contributed by atoms with Crippen molar-refractivity contribution >= 4 is 5.78 Å². The summed E-state index contributed by atoms with van der Waals surface area (Å²) in [7, 11) is 3.75. The number of carbonyl (C=O) groups excluding carboxylic acids is 1. The molecule has 1 aromatic heterocycles. The average Bonchev–Trinajstić information content (AvgIpc) is 2.17. The van der Waals surface area contributed by atoms with E-state index in [4.69, 9.17) is 0 Å². The fourth-order valence-corrected chi connectivity index (χ4v) is 0.973. The topological polar surface area (TPSA) is 46.1 Å². The van der Waals surface area contributed by atoms with Crippen molar-refractivity contribution in [1.82, 2.24) is 14.9 Å². The molecule has 0 aliphatic carbocycles. The van der Waals surface area contributed by atoms with E-state index < -0.39 is 5.54 Å². The second kappa shape index (κ2) is 3.84. The summed E-state index contributed by atoms with van der Waals surface area (Å²) in [5, 5.41) is 0. The van der Waals surface area contributed by atoms with Crippen LogP contribution >= 0.6 is 0 Å². The number of hydrogen-bond donors (Lipinski definition) is 0. The Hall–Kier alpha value is -1.29. The third-order valence-electron chi connectivity index (χ3n) is 2.50. The molecule has 0 spiro atoms. The van der Waals surface area contributed by atoms with Gasteiger partial charge in [-0.05, 0) is 27.9 Å². The zero-order chi connectivity index (χ0) is 10.8. The second-order valence-corrected chi connectivity index (χ2v) is 3.91. The molecule has 4 nitrogen and oxygen atoms in total. The molecule has 0 aliphatic rings. The number of Topliss-reactive ketones (excluding diaryl/α,β-unsaturated/α-hetero) is 1. The van der Waals surface area contributed by atoms with E-state index in [-0.39, 0.29) is 5.78 Å². The molecule has 0 saturated carbocycles. The Kier molecular flexibility index (Phi) is 2.96. The van der Waals surface area contributed by atoms with Crippen LogP contribution in [0.5, 0.6) is 0 Å². The van der Waals surface area contributed by atoms with Crippen LogP contribution in [0, 0.1) is 0 Å². The zero-order valence-electron chi connectivity index (χ0n) is 8.98. The molecule has 0 N–H and O–H groups in total. The third kappa shape index (κ3) is 1.96. The third-order valence-corrected chi connectivity index (χ3v) is 2.50. The van der Waals surface area contributed by atoms with Gasteiger partial charge in [-0.1, -0.05) is 0 Å². The van der Waals surface area contributed by atoms with Gasteiger partial charge in [0.05, 0.1) is 11.1 Å². The van der Waals surface area contributed by atoms with Gasteiger partial charge in [-0.2, -0.15) is 0 Å². The Balaban J connectivity index is 2.97. The standard InChI is InChI=1S/C10H15N3O/c1-10(2,13(3)4)9(14)8-5-11-7-12-6-8/h5-7H,1-4H3. The quantitative estimate of drug-likeness (QED) is 0.672.